The number of nitrogens with zero attached hydrogens (tertiary/aromatic N) is 2. The fraction of sp³-hybridized carbons (Fsp3) is 0.500. The summed E-state index contributed by atoms with van der Waals surface area (Å²) in [5.74, 6) is 0. The lowest BCUT2D eigenvalue weighted by molar-refractivity contribution is 0.652. The van der Waals surface area contributed by atoms with Gasteiger partial charge in [0.25, 0.3) is 0 Å². The first-order valence-electron chi connectivity index (χ1n) is 5.68. The summed E-state index contributed by atoms with van der Waals surface area (Å²) >= 11 is 5.03. The van der Waals surface area contributed by atoms with E-state index in [4.69, 9.17) is 18.0 Å². The molecule has 86 valence electrons. The first-order valence-corrected chi connectivity index (χ1v) is 6.08. The molecule has 1 aromatic rings. The van der Waals surface area contributed by atoms with Crippen molar-refractivity contribution in [1.82, 2.24) is 4.98 Å². The molecule has 0 aliphatic heterocycles. The van der Waals surface area contributed by atoms with Crippen molar-refractivity contribution >= 4 is 22.9 Å². The highest BCUT2D eigenvalue weighted by atomic mass is 32.1. The van der Waals surface area contributed by atoms with Gasteiger partial charge in [0.2, 0.25) is 0 Å². The number of anilines is 1. The summed E-state index contributed by atoms with van der Waals surface area (Å²) in [5.41, 5.74) is 7.49. The minimum absolute atomic E-state index is 0.375. The first kappa shape index (κ1) is 11.3. The highest BCUT2D eigenvalue weighted by molar-refractivity contribution is 7.80. The van der Waals surface area contributed by atoms with Crippen LogP contribution in [0.3, 0.4) is 0 Å². The molecule has 0 aromatic carbocycles. The van der Waals surface area contributed by atoms with Crippen molar-refractivity contribution in [2.24, 2.45) is 5.73 Å². The maximum atomic E-state index is 5.69. The molecule has 1 aromatic heterocycles. The van der Waals surface area contributed by atoms with Gasteiger partial charge >= 0.3 is 0 Å². The molecule has 1 heterocycles. The van der Waals surface area contributed by atoms with Gasteiger partial charge in [-0.25, -0.2) is 0 Å². The largest absolute Gasteiger partial charge is 0.388 e. The highest BCUT2D eigenvalue weighted by Gasteiger charge is 2.22. The zero-order valence-electron chi connectivity index (χ0n) is 9.52. The molecule has 16 heavy (non-hydrogen) atoms. The minimum atomic E-state index is 0.375. The maximum Gasteiger partial charge on any atom is 0.124 e. The normalized spacial score (nSPS) is 16.3. The second kappa shape index (κ2) is 4.78. The van der Waals surface area contributed by atoms with Crippen LogP contribution < -0.4 is 10.6 Å². The summed E-state index contributed by atoms with van der Waals surface area (Å²) in [6, 6.07) is 4.58. The third kappa shape index (κ3) is 2.16. The highest BCUT2D eigenvalue weighted by Crippen LogP contribution is 2.28. The van der Waals surface area contributed by atoms with E-state index in [1.54, 1.807) is 6.20 Å². The van der Waals surface area contributed by atoms with Crippen molar-refractivity contribution in [2.45, 2.75) is 31.7 Å². The van der Waals surface area contributed by atoms with Crippen molar-refractivity contribution in [3.8, 4) is 0 Å². The number of aromatic nitrogens is 1. The van der Waals surface area contributed by atoms with Gasteiger partial charge in [0, 0.05) is 19.3 Å². The quantitative estimate of drug-likeness (QED) is 0.815. The van der Waals surface area contributed by atoms with Crippen LogP contribution in [-0.2, 0) is 0 Å². The van der Waals surface area contributed by atoms with E-state index in [2.05, 4.69) is 16.9 Å². The van der Waals surface area contributed by atoms with Gasteiger partial charge in [-0.2, -0.15) is 0 Å². The predicted octanol–water partition coefficient (Wildman–Crippen LogP) is 2.09. The number of rotatable bonds is 3. The Labute approximate surface area is 102 Å². The van der Waals surface area contributed by atoms with Gasteiger partial charge in [0.1, 0.15) is 10.7 Å². The van der Waals surface area contributed by atoms with Crippen molar-refractivity contribution in [3.05, 3.63) is 24.0 Å². The second-order valence-electron chi connectivity index (χ2n) is 4.28. The lowest BCUT2D eigenvalue weighted by atomic mass is 10.2. The van der Waals surface area contributed by atoms with Crippen LogP contribution in [0.25, 0.3) is 0 Å². The fourth-order valence-corrected chi connectivity index (χ4v) is 2.52. The Hall–Kier alpha value is -1.16. The summed E-state index contributed by atoms with van der Waals surface area (Å²) in [6.07, 6.45) is 6.88. The van der Waals surface area contributed by atoms with Crippen molar-refractivity contribution in [3.63, 3.8) is 0 Å². The molecule has 3 nitrogen and oxygen atoms in total. The number of nitrogens with two attached hydrogens (primary N) is 1. The van der Waals surface area contributed by atoms with Crippen molar-refractivity contribution in [1.29, 1.82) is 0 Å². The number of hydrogen-bond donors (Lipinski definition) is 1. The maximum absolute atomic E-state index is 5.69. The average Bonchev–Trinajstić information content (AvgIpc) is 2.81. The summed E-state index contributed by atoms with van der Waals surface area (Å²) in [5, 5.41) is 0. The van der Waals surface area contributed by atoms with E-state index >= 15 is 0 Å². The molecule has 4 heteroatoms. The van der Waals surface area contributed by atoms with Crippen LogP contribution in [0, 0.1) is 0 Å². The molecule has 1 aliphatic carbocycles. The molecular weight excluding hydrogens is 218 g/mol. The van der Waals surface area contributed by atoms with Gasteiger partial charge in [0.15, 0.2) is 0 Å². The summed E-state index contributed by atoms with van der Waals surface area (Å²) in [7, 11) is 2.11. The molecule has 0 amide bonds. The number of thiocarbonyl (C=S) groups is 1. The van der Waals surface area contributed by atoms with Crippen molar-refractivity contribution < 1.29 is 0 Å². The summed E-state index contributed by atoms with van der Waals surface area (Å²) in [4.78, 5) is 6.91. The fourth-order valence-electron chi connectivity index (χ4n) is 2.36. The van der Waals surface area contributed by atoms with Crippen LogP contribution in [0.5, 0.6) is 0 Å². The molecular formula is C12H17N3S. The Bertz CT molecular complexity index is 386. The second-order valence-corrected chi connectivity index (χ2v) is 4.72. The number of pyridine rings is 1. The van der Waals surface area contributed by atoms with E-state index in [1.807, 2.05) is 12.1 Å². The lowest BCUT2D eigenvalue weighted by Gasteiger charge is -2.27. The van der Waals surface area contributed by atoms with E-state index in [0.717, 1.165) is 11.4 Å². The topological polar surface area (TPSA) is 42.2 Å². The first-order chi connectivity index (χ1) is 7.70. The van der Waals surface area contributed by atoms with Crippen LogP contribution in [0.2, 0.25) is 0 Å². The van der Waals surface area contributed by atoms with Crippen LogP contribution in [0.15, 0.2) is 18.3 Å². The monoisotopic (exact) mass is 235 g/mol. The molecule has 1 aliphatic rings. The molecule has 2 N–H and O–H groups in total. The van der Waals surface area contributed by atoms with Crippen LogP contribution in [0.4, 0.5) is 5.69 Å². The number of hydrogen-bond acceptors (Lipinski definition) is 3. The zero-order valence-corrected chi connectivity index (χ0v) is 10.3. The van der Waals surface area contributed by atoms with E-state index in [1.165, 1.54) is 25.7 Å². The molecule has 0 atom stereocenters. The Morgan fingerprint density at radius 1 is 1.50 bits per heavy atom. The van der Waals surface area contributed by atoms with Crippen LogP contribution in [0.1, 0.15) is 31.4 Å². The van der Waals surface area contributed by atoms with Gasteiger partial charge in [-0.3, -0.25) is 4.98 Å². The van der Waals surface area contributed by atoms with Crippen LogP contribution in [-0.4, -0.2) is 23.1 Å². The molecule has 0 radical (unpaired) electrons. The minimum Gasteiger partial charge on any atom is -0.388 e. The molecule has 0 saturated heterocycles. The Morgan fingerprint density at radius 2 is 2.19 bits per heavy atom. The smallest absolute Gasteiger partial charge is 0.124 e. The summed E-state index contributed by atoms with van der Waals surface area (Å²) in [6.45, 7) is 0. The molecule has 0 spiro atoms. The lowest BCUT2D eigenvalue weighted by Crippen LogP contribution is -2.31. The Morgan fingerprint density at radius 3 is 2.81 bits per heavy atom. The van der Waals surface area contributed by atoms with E-state index in [0.29, 0.717) is 11.0 Å². The van der Waals surface area contributed by atoms with E-state index in [9.17, 15) is 0 Å². The Kier molecular flexibility index (Phi) is 3.39. The molecule has 2 rings (SSSR count). The summed E-state index contributed by atoms with van der Waals surface area (Å²) < 4.78 is 0. The van der Waals surface area contributed by atoms with E-state index in [-0.39, 0.29) is 0 Å². The van der Waals surface area contributed by atoms with Gasteiger partial charge in [-0.15, -0.1) is 0 Å². The molecule has 0 bridgehead atoms. The van der Waals surface area contributed by atoms with E-state index < -0.39 is 0 Å². The standard InChI is InChI=1S/C12H17N3S/c1-15(9-5-2-3-6-9)10-7-4-8-14-11(10)12(13)16/h4,7-9H,2-3,5-6H2,1H3,(H2,13,16). The van der Waals surface area contributed by atoms with Gasteiger partial charge < -0.3 is 10.6 Å². The van der Waals surface area contributed by atoms with Gasteiger partial charge in [-0.05, 0) is 25.0 Å². The van der Waals surface area contributed by atoms with Crippen LogP contribution >= 0.6 is 12.2 Å². The molecule has 1 fully saturated rings. The van der Waals surface area contributed by atoms with Gasteiger partial charge in [0.05, 0.1) is 5.69 Å². The predicted molar refractivity (Wildman–Crippen MR) is 70.8 cm³/mol. The SMILES string of the molecule is CN(c1cccnc1C(N)=S)C1CCCC1. The Balaban J connectivity index is 2.27. The van der Waals surface area contributed by atoms with Gasteiger partial charge in [-0.1, -0.05) is 25.1 Å². The third-order valence-corrected chi connectivity index (χ3v) is 3.47. The molecule has 1 saturated carbocycles. The molecule has 0 unspecified atom stereocenters. The van der Waals surface area contributed by atoms with Crippen molar-refractivity contribution in [2.75, 3.05) is 11.9 Å². The average molecular weight is 235 g/mol. The zero-order chi connectivity index (χ0) is 11.5. The third-order valence-electron chi connectivity index (χ3n) is 3.27.